The molecule has 3 heteroatoms. The zero-order valence-electron chi connectivity index (χ0n) is 11.8. The summed E-state index contributed by atoms with van der Waals surface area (Å²) in [6.45, 7) is 4.18. The van der Waals surface area contributed by atoms with Gasteiger partial charge in [0, 0.05) is 29.6 Å². The molecule has 0 aliphatic carbocycles. The first-order valence-electron chi connectivity index (χ1n) is 6.19. The van der Waals surface area contributed by atoms with Crippen molar-refractivity contribution in [2.24, 2.45) is 0 Å². The third kappa shape index (κ3) is 3.41. The van der Waals surface area contributed by atoms with E-state index in [1.54, 1.807) is 14.2 Å². The van der Waals surface area contributed by atoms with E-state index in [1.807, 2.05) is 18.2 Å². The van der Waals surface area contributed by atoms with Crippen LogP contribution in [0.1, 0.15) is 11.1 Å². The lowest BCUT2D eigenvalue weighted by atomic mass is 10.1. The highest BCUT2D eigenvalue weighted by atomic mass is 16.5. The number of nitrogens with one attached hydrogen (secondary N) is 1. The summed E-state index contributed by atoms with van der Waals surface area (Å²) < 4.78 is 10.5. The van der Waals surface area contributed by atoms with Crippen molar-refractivity contribution >= 4 is 11.4 Å². The van der Waals surface area contributed by atoms with Crippen LogP contribution in [0, 0.1) is 13.8 Å². The molecule has 0 fully saturated rings. The van der Waals surface area contributed by atoms with Crippen molar-refractivity contribution in [3.63, 3.8) is 0 Å². The van der Waals surface area contributed by atoms with E-state index < -0.39 is 0 Å². The van der Waals surface area contributed by atoms with Gasteiger partial charge in [-0.15, -0.1) is 0 Å². The molecule has 0 saturated heterocycles. The van der Waals surface area contributed by atoms with Crippen LogP contribution in [0.5, 0.6) is 11.5 Å². The summed E-state index contributed by atoms with van der Waals surface area (Å²) in [4.78, 5) is 0. The Hall–Kier alpha value is -2.16. The molecule has 2 aromatic rings. The van der Waals surface area contributed by atoms with Gasteiger partial charge in [0.1, 0.15) is 11.5 Å². The number of methoxy groups -OCH3 is 2. The van der Waals surface area contributed by atoms with E-state index in [2.05, 4.69) is 37.4 Å². The smallest absolute Gasteiger partial charge is 0.124 e. The van der Waals surface area contributed by atoms with Crippen molar-refractivity contribution in [3.05, 3.63) is 47.5 Å². The van der Waals surface area contributed by atoms with Crippen LogP contribution in [0.25, 0.3) is 0 Å². The number of ether oxygens (including phenoxy) is 2. The quantitative estimate of drug-likeness (QED) is 0.895. The van der Waals surface area contributed by atoms with Crippen LogP contribution in [0.2, 0.25) is 0 Å². The van der Waals surface area contributed by atoms with Crippen molar-refractivity contribution in [3.8, 4) is 11.5 Å². The second-order valence-electron chi connectivity index (χ2n) is 4.60. The first-order valence-corrected chi connectivity index (χ1v) is 6.19. The molecule has 0 spiro atoms. The third-order valence-corrected chi connectivity index (χ3v) is 2.86. The van der Waals surface area contributed by atoms with Crippen LogP contribution in [-0.4, -0.2) is 14.2 Å². The summed E-state index contributed by atoms with van der Waals surface area (Å²) in [5.74, 6) is 1.54. The van der Waals surface area contributed by atoms with Crippen LogP contribution in [0.15, 0.2) is 36.4 Å². The standard InChI is InChI=1S/C16H19NO2/c1-11-5-12(2)7-13(6-11)17-14-8-15(18-3)10-16(9-14)19-4/h5-10,17H,1-4H3. The summed E-state index contributed by atoms with van der Waals surface area (Å²) in [7, 11) is 3.30. The van der Waals surface area contributed by atoms with E-state index in [1.165, 1.54) is 11.1 Å². The fourth-order valence-corrected chi connectivity index (χ4v) is 2.09. The molecule has 0 radical (unpaired) electrons. The Bertz CT molecular complexity index is 536. The summed E-state index contributed by atoms with van der Waals surface area (Å²) >= 11 is 0. The van der Waals surface area contributed by atoms with Crippen molar-refractivity contribution in [1.82, 2.24) is 0 Å². The highest BCUT2D eigenvalue weighted by molar-refractivity contribution is 5.64. The molecule has 2 aromatic carbocycles. The summed E-state index contributed by atoms with van der Waals surface area (Å²) in [5, 5.41) is 3.38. The van der Waals surface area contributed by atoms with Crippen LogP contribution in [0.3, 0.4) is 0 Å². The number of rotatable bonds is 4. The Kier molecular flexibility index (Phi) is 3.95. The van der Waals surface area contributed by atoms with Gasteiger partial charge in [0.25, 0.3) is 0 Å². The average Bonchev–Trinajstić information content (AvgIpc) is 2.37. The van der Waals surface area contributed by atoms with Gasteiger partial charge in [-0.3, -0.25) is 0 Å². The van der Waals surface area contributed by atoms with Crippen LogP contribution < -0.4 is 14.8 Å². The third-order valence-electron chi connectivity index (χ3n) is 2.86. The number of hydrogen-bond acceptors (Lipinski definition) is 3. The van der Waals surface area contributed by atoms with Crippen LogP contribution in [0.4, 0.5) is 11.4 Å². The molecule has 0 bridgehead atoms. The lowest BCUT2D eigenvalue weighted by Crippen LogP contribution is -1.94. The molecule has 100 valence electrons. The van der Waals surface area contributed by atoms with E-state index in [4.69, 9.17) is 9.47 Å². The minimum Gasteiger partial charge on any atom is -0.497 e. The van der Waals surface area contributed by atoms with Crippen molar-refractivity contribution in [2.75, 3.05) is 19.5 Å². The Balaban J connectivity index is 2.31. The molecule has 0 unspecified atom stereocenters. The van der Waals surface area contributed by atoms with E-state index in [0.29, 0.717) is 0 Å². The highest BCUT2D eigenvalue weighted by Crippen LogP contribution is 2.28. The van der Waals surface area contributed by atoms with Gasteiger partial charge < -0.3 is 14.8 Å². The van der Waals surface area contributed by atoms with E-state index >= 15 is 0 Å². The first kappa shape index (κ1) is 13.3. The first-order chi connectivity index (χ1) is 9.10. The molecule has 0 atom stereocenters. The SMILES string of the molecule is COc1cc(Nc2cc(C)cc(C)c2)cc(OC)c1. The van der Waals surface area contributed by atoms with Crippen LogP contribution in [-0.2, 0) is 0 Å². The molecular weight excluding hydrogens is 238 g/mol. The summed E-state index contributed by atoms with van der Waals surface area (Å²) in [6.07, 6.45) is 0. The zero-order chi connectivity index (χ0) is 13.8. The molecule has 0 amide bonds. The second-order valence-corrected chi connectivity index (χ2v) is 4.60. The molecule has 0 aromatic heterocycles. The number of benzene rings is 2. The molecule has 2 rings (SSSR count). The van der Waals surface area contributed by atoms with Gasteiger partial charge in [0.2, 0.25) is 0 Å². The maximum absolute atomic E-state index is 5.26. The largest absolute Gasteiger partial charge is 0.497 e. The van der Waals surface area contributed by atoms with Crippen molar-refractivity contribution < 1.29 is 9.47 Å². The predicted octanol–water partition coefficient (Wildman–Crippen LogP) is 4.06. The Morgan fingerprint density at radius 1 is 0.684 bits per heavy atom. The lowest BCUT2D eigenvalue weighted by molar-refractivity contribution is 0.395. The maximum Gasteiger partial charge on any atom is 0.124 e. The fourth-order valence-electron chi connectivity index (χ4n) is 2.09. The molecule has 0 aliphatic heterocycles. The highest BCUT2D eigenvalue weighted by Gasteiger charge is 2.03. The maximum atomic E-state index is 5.26. The van der Waals surface area contributed by atoms with Crippen molar-refractivity contribution in [2.45, 2.75) is 13.8 Å². The van der Waals surface area contributed by atoms with Gasteiger partial charge in [0.15, 0.2) is 0 Å². The molecule has 0 aliphatic rings. The minimum atomic E-state index is 0.770. The van der Waals surface area contributed by atoms with E-state index in [-0.39, 0.29) is 0 Å². The average molecular weight is 257 g/mol. The monoisotopic (exact) mass is 257 g/mol. The van der Waals surface area contributed by atoms with Crippen LogP contribution >= 0.6 is 0 Å². The van der Waals surface area contributed by atoms with Gasteiger partial charge in [-0.2, -0.15) is 0 Å². The second kappa shape index (κ2) is 5.65. The van der Waals surface area contributed by atoms with Gasteiger partial charge in [0.05, 0.1) is 14.2 Å². The molecule has 0 saturated carbocycles. The fraction of sp³-hybridized carbons (Fsp3) is 0.250. The molecule has 0 heterocycles. The Morgan fingerprint density at radius 3 is 1.63 bits per heavy atom. The zero-order valence-corrected chi connectivity index (χ0v) is 11.8. The number of hydrogen-bond donors (Lipinski definition) is 1. The molecular formula is C16H19NO2. The summed E-state index contributed by atoms with van der Waals surface area (Å²) in [5.41, 5.74) is 4.48. The van der Waals surface area contributed by atoms with Gasteiger partial charge in [-0.1, -0.05) is 6.07 Å². The normalized spacial score (nSPS) is 10.1. The Labute approximate surface area is 114 Å². The van der Waals surface area contributed by atoms with E-state index in [0.717, 1.165) is 22.9 Å². The van der Waals surface area contributed by atoms with Gasteiger partial charge in [-0.25, -0.2) is 0 Å². The lowest BCUT2D eigenvalue weighted by Gasteiger charge is -2.12. The Morgan fingerprint density at radius 2 is 1.16 bits per heavy atom. The molecule has 1 N–H and O–H groups in total. The molecule has 19 heavy (non-hydrogen) atoms. The topological polar surface area (TPSA) is 30.5 Å². The minimum absolute atomic E-state index is 0.770. The number of anilines is 2. The van der Waals surface area contributed by atoms with E-state index in [9.17, 15) is 0 Å². The number of aryl methyl sites for hydroxylation is 2. The van der Waals surface area contributed by atoms with Gasteiger partial charge >= 0.3 is 0 Å². The van der Waals surface area contributed by atoms with Gasteiger partial charge in [-0.05, 0) is 37.1 Å². The summed E-state index contributed by atoms with van der Waals surface area (Å²) in [6, 6.07) is 12.1. The van der Waals surface area contributed by atoms with Crippen molar-refractivity contribution in [1.29, 1.82) is 0 Å². The predicted molar refractivity (Wildman–Crippen MR) is 78.7 cm³/mol. The molecule has 3 nitrogen and oxygen atoms in total.